The second-order valence-electron chi connectivity index (χ2n) is 4.27. The summed E-state index contributed by atoms with van der Waals surface area (Å²) >= 11 is 0. The second-order valence-corrected chi connectivity index (χ2v) is 6.50. The van der Waals surface area contributed by atoms with Crippen molar-refractivity contribution in [1.29, 1.82) is 0 Å². The fraction of sp³-hybridized carbons (Fsp3) is 0.900. The predicted octanol–water partition coefficient (Wildman–Crippen LogP) is -1.07. The van der Waals surface area contributed by atoms with Crippen molar-refractivity contribution in [3.8, 4) is 0 Å². The molecule has 2 atom stereocenters. The fourth-order valence-electron chi connectivity index (χ4n) is 1.88. The summed E-state index contributed by atoms with van der Waals surface area (Å²) in [6.07, 6.45) is 0.784. The topological polar surface area (TPSA) is 92.7 Å². The number of aliphatic hydroxyl groups excluding tert-OH is 1. The van der Waals surface area contributed by atoms with E-state index in [1.807, 2.05) is 0 Å². The predicted molar refractivity (Wildman–Crippen MR) is 62.3 cm³/mol. The highest BCUT2D eigenvalue weighted by atomic mass is 32.2. The van der Waals surface area contributed by atoms with Gasteiger partial charge in [0.15, 0.2) is 9.84 Å². The van der Waals surface area contributed by atoms with Crippen molar-refractivity contribution in [3.63, 3.8) is 0 Å². The van der Waals surface area contributed by atoms with E-state index >= 15 is 0 Å². The van der Waals surface area contributed by atoms with Crippen LogP contribution in [0.4, 0.5) is 0 Å². The van der Waals surface area contributed by atoms with Gasteiger partial charge in [-0.3, -0.25) is 4.79 Å². The molecule has 1 rings (SSSR count). The average Bonchev–Trinajstić information content (AvgIpc) is 2.59. The number of ether oxygens (including phenoxy) is 1. The highest BCUT2D eigenvalue weighted by Crippen LogP contribution is 2.18. The maximum Gasteiger partial charge on any atom is 0.224 e. The van der Waals surface area contributed by atoms with Crippen molar-refractivity contribution in [1.82, 2.24) is 5.32 Å². The monoisotopic (exact) mass is 265 g/mol. The Kier molecular flexibility index (Phi) is 5.35. The van der Waals surface area contributed by atoms with E-state index in [-0.39, 0.29) is 30.1 Å². The fourth-order valence-corrected chi connectivity index (χ4v) is 3.62. The summed E-state index contributed by atoms with van der Waals surface area (Å²) in [6, 6.07) is -0.263. The van der Waals surface area contributed by atoms with Crippen LogP contribution in [0, 0.1) is 5.92 Å². The van der Waals surface area contributed by atoms with Crippen LogP contribution in [-0.4, -0.2) is 57.3 Å². The molecular weight excluding hydrogens is 246 g/mol. The summed E-state index contributed by atoms with van der Waals surface area (Å²) < 4.78 is 27.4. The van der Waals surface area contributed by atoms with E-state index in [1.165, 1.54) is 7.11 Å². The zero-order chi connectivity index (χ0) is 12.9. The molecular formula is C10H19NO5S. The van der Waals surface area contributed by atoms with E-state index in [0.717, 1.165) is 0 Å². The number of rotatable bonds is 6. The summed E-state index contributed by atoms with van der Waals surface area (Å²) in [5.41, 5.74) is 0. The van der Waals surface area contributed by atoms with Crippen LogP contribution in [0.25, 0.3) is 0 Å². The first-order valence-electron chi connectivity index (χ1n) is 5.59. The summed E-state index contributed by atoms with van der Waals surface area (Å²) in [6.45, 7) is 0.267. The zero-order valence-corrected chi connectivity index (χ0v) is 10.7. The van der Waals surface area contributed by atoms with Crippen molar-refractivity contribution in [2.24, 2.45) is 5.92 Å². The second kappa shape index (κ2) is 6.32. The van der Waals surface area contributed by atoms with Gasteiger partial charge in [0.1, 0.15) is 0 Å². The molecule has 0 aliphatic carbocycles. The van der Waals surface area contributed by atoms with Gasteiger partial charge in [-0.2, -0.15) is 0 Å². The van der Waals surface area contributed by atoms with Gasteiger partial charge in [0.2, 0.25) is 5.91 Å². The molecule has 17 heavy (non-hydrogen) atoms. The Morgan fingerprint density at radius 1 is 1.59 bits per heavy atom. The number of nitrogens with one attached hydrogen (secondary N) is 1. The lowest BCUT2D eigenvalue weighted by molar-refractivity contribution is -0.125. The third-order valence-corrected chi connectivity index (χ3v) is 4.56. The number of aliphatic hydroxyl groups is 1. The maximum absolute atomic E-state index is 11.8. The Labute approximate surface area is 101 Å². The van der Waals surface area contributed by atoms with Crippen LogP contribution in [0.2, 0.25) is 0 Å². The van der Waals surface area contributed by atoms with Gasteiger partial charge in [0.25, 0.3) is 0 Å². The molecule has 0 spiro atoms. The Bertz CT molecular complexity index is 348. The third kappa shape index (κ3) is 4.61. The molecule has 1 saturated heterocycles. The zero-order valence-electron chi connectivity index (χ0n) is 9.89. The van der Waals surface area contributed by atoms with E-state index < -0.39 is 15.8 Å². The number of sulfone groups is 1. The molecule has 2 unspecified atom stereocenters. The molecule has 0 saturated carbocycles. The van der Waals surface area contributed by atoms with E-state index in [1.54, 1.807) is 0 Å². The lowest BCUT2D eigenvalue weighted by Gasteiger charge is -2.18. The first kappa shape index (κ1) is 14.4. The summed E-state index contributed by atoms with van der Waals surface area (Å²) in [4.78, 5) is 11.8. The summed E-state index contributed by atoms with van der Waals surface area (Å²) in [7, 11) is -1.53. The molecule has 1 aliphatic heterocycles. The van der Waals surface area contributed by atoms with Gasteiger partial charge < -0.3 is 15.2 Å². The van der Waals surface area contributed by atoms with Gasteiger partial charge in [0, 0.05) is 13.7 Å². The van der Waals surface area contributed by atoms with Crippen LogP contribution < -0.4 is 5.32 Å². The quantitative estimate of drug-likeness (QED) is 0.638. The number of hydrogen-bond acceptors (Lipinski definition) is 5. The van der Waals surface area contributed by atoms with Crippen LogP contribution in [0.3, 0.4) is 0 Å². The Balaban J connectivity index is 2.47. The summed E-state index contributed by atoms with van der Waals surface area (Å²) in [5.74, 6) is -0.711. The lowest BCUT2D eigenvalue weighted by Crippen LogP contribution is -2.42. The lowest BCUT2D eigenvalue weighted by atomic mass is 10.1. The van der Waals surface area contributed by atoms with Crippen molar-refractivity contribution >= 4 is 15.7 Å². The SMILES string of the molecule is COCC(CCO)NC(=O)C1CCS(=O)(=O)C1. The normalized spacial score (nSPS) is 24.5. The first-order chi connectivity index (χ1) is 7.98. The average molecular weight is 265 g/mol. The number of hydrogen-bond donors (Lipinski definition) is 2. The molecule has 7 heteroatoms. The standard InChI is InChI=1S/C10H19NO5S/c1-16-6-9(2-4-12)11-10(13)8-3-5-17(14,15)7-8/h8-9,12H,2-7H2,1H3,(H,11,13). The molecule has 1 amide bonds. The third-order valence-electron chi connectivity index (χ3n) is 2.80. The van der Waals surface area contributed by atoms with Crippen LogP contribution in [0.15, 0.2) is 0 Å². The molecule has 2 N–H and O–H groups in total. The minimum atomic E-state index is -3.04. The van der Waals surface area contributed by atoms with Crippen LogP contribution >= 0.6 is 0 Å². The van der Waals surface area contributed by atoms with Crippen LogP contribution in [0.5, 0.6) is 0 Å². The molecule has 1 aliphatic rings. The van der Waals surface area contributed by atoms with E-state index in [4.69, 9.17) is 9.84 Å². The summed E-state index contributed by atoms with van der Waals surface area (Å²) in [5, 5.41) is 11.5. The number of amides is 1. The molecule has 0 aromatic carbocycles. The number of carbonyl (C=O) groups excluding carboxylic acids is 1. The minimum Gasteiger partial charge on any atom is -0.396 e. The molecule has 0 radical (unpaired) electrons. The Hall–Kier alpha value is -0.660. The van der Waals surface area contributed by atoms with Crippen molar-refractivity contribution in [3.05, 3.63) is 0 Å². The first-order valence-corrected chi connectivity index (χ1v) is 7.41. The highest BCUT2D eigenvalue weighted by Gasteiger charge is 2.33. The van der Waals surface area contributed by atoms with Gasteiger partial charge >= 0.3 is 0 Å². The van der Waals surface area contributed by atoms with Crippen LogP contribution in [0.1, 0.15) is 12.8 Å². The Morgan fingerprint density at radius 2 is 2.29 bits per heavy atom. The largest absolute Gasteiger partial charge is 0.396 e. The smallest absolute Gasteiger partial charge is 0.224 e. The van der Waals surface area contributed by atoms with Crippen LogP contribution in [-0.2, 0) is 19.4 Å². The molecule has 1 heterocycles. The van der Waals surface area contributed by atoms with E-state index in [2.05, 4.69) is 5.32 Å². The Morgan fingerprint density at radius 3 is 2.76 bits per heavy atom. The minimum absolute atomic E-state index is 0.0444. The molecule has 0 aromatic heterocycles. The van der Waals surface area contributed by atoms with Gasteiger partial charge in [-0.1, -0.05) is 0 Å². The van der Waals surface area contributed by atoms with E-state index in [9.17, 15) is 13.2 Å². The van der Waals surface area contributed by atoms with Crippen molar-refractivity contribution in [2.75, 3.05) is 31.8 Å². The van der Waals surface area contributed by atoms with Gasteiger partial charge in [-0.25, -0.2) is 8.42 Å². The van der Waals surface area contributed by atoms with Gasteiger partial charge in [-0.05, 0) is 12.8 Å². The number of carbonyl (C=O) groups is 1. The maximum atomic E-state index is 11.8. The molecule has 1 fully saturated rings. The molecule has 0 bridgehead atoms. The van der Waals surface area contributed by atoms with Crippen molar-refractivity contribution < 1.29 is 23.1 Å². The number of methoxy groups -OCH3 is 1. The molecule has 6 nitrogen and oxygen atoms in total. The van der Waals surface area contributed by atoms with Gasteiger partial charge in [-0.15, -0.1) is 0 Å². The van der Waals surface area contributed by atoms with Crippen molar-refractivity contribution in [2.45, 2.75) is 18.9 Å². The molecule has 0 aromatic rings. The van der Waals surface area contributed by atoms with E-state index in [0.29, 0.717) is 19.4 Å². The van der Waals surface area contributed by atoms with Gasteiger partial charge in [0.05, 0.1) is 30.1 Å². The highest BCUT2D eigenvalue weighted by molar-refractivity contribution is 7.91. The molecule has 100 valence electrons.